The van der Waals surface area contributed by atoms with Gasteiger partial charge in [-0.1, -0.05) is 84.4 Å². The average Bonchev–Trinajstić information content (AvgIpc) is 2.95. The van der Waals surface area contributed by atoms with Crippen LogP contribution in [0.2, 0.25) is 5.02 Å². The van der Waals surface area contributed by atoms with E-state index < -0.39 is 28.5 Å². The number of rotatable bonds is 11. The van der Waals surface area contributed by atoms with E-state index in [0.29, 0.717) is 11.6 Å². The van der Waals surface area contributed by atoms with Crippen LogP contribution in [-0.2, 0) is 32.6 Å². The van der Waals surface area contributed by atoms with Crippen LogP contribution in [0.15, 0.2) is 102 Å². The van der Waals surface area contributed by atoms with Gasteiger partial charge in [0.25, 0.3) is 0 Å². The normalized spacial score (nSPS) is 12.3. The first-order valence-corrected chi connectivity index (χ1v) is 14.8. The first-order valence-electron chi connectivity index (χ1n) is 13.0. The van der Waals surface area contributed by atoms with Crippen LogP contribution in [0.1, 0.15) is 18.1 Å². The van der Waals surface area contributed by atoms with E-state index in [1.54, 1.807) is 30.3 Å². The number of benzene rings is 4. The van der Waals surface area contributed by atoms with Gasteiger partial charge in [-0.25, -0.2) is 8.42 Å². The summed E-state index contributed by atoms with van der Waals surface area (Å²) in [5.74, 6) is -0.819. The Bertz CT molecular complexity index is 1590. The number of nitrogens with one attached hydrogen (secondary N) is 1. The molecule has 1 N–H and O–H groups in total. The van der Waals surface area contributed by atoms with E-state index >= 15 is 0 Å². The van der Waals surface area contributed by atoms with Crippen molar-refractivity contribution in [1.82, 2.24) is 14.5 Å². The SMILES string of the molecule is CCNC(=O)[C@@H](Cc1ccccc1)N(Cc1cccc(Cl)c1)C(=O)CN(C)S(=O)(=O)c1ccc2ccccc2c1. The van der Waals surface area contributed by atoms with Gasteiger partial charge in [0, 0.05) is 31.6 Å². The van der Waals surface area contributed by atoms with Crippen molar-refractivity contribution >= 4 is 44.2 Å². The summed E-state index contributed by atoms with van der Waals surface area (Å²) in [6.45, 7) is 1.84. The minimum atomic E-state index is -3.99. The number of hydrogen-bond donors (Lipinski definition) is 1. The molecular weight excluding hydrogens is 546 g/mol. The summed E-state index contributed by atoms with van der Waals surface area (Å²) >= 11 is 6.21. The Hall–Kier alpha value is -3.72. The zero-order chi connectivity index (χ0) is 28.7. The second-order valence-corrected chi connectivity index (χ2v) is 12.0. The molecule has 0 unspecified atom stereocenters. The predicted octanol–water partition coefficient (Wildman–Crippen LogP) is 4.89. The molecule has 0 saturated heterocycles. The summed E-state index contributed by atoms with van der Waals surface area (Å²) in [5.41, 5.74) is 1.60. The van der Waals surface area contributed by atoms with Gasteiger partial charge in [-0.05, 0) is 53.1 Å². The molecule has 40 heavy (non-hydrogen) atoms. The molecule has 0 heterocycles. The number of carbonyl (C=O) groups excluding carboxylic acids is 2. The molecule has 0 saturated carbocycles. The van der Waals surface area contributed by atoms with Gasteiger partial charge in [0.05, 0.1) is 11.4 Å². The zero-order valence-corrected chi connectivity index (χ0v) is 24.0. The zero-order valence-electron chi connectivity index (χ0n) is 22.5. The van der Waals surface area contributed by atoms with E-state index in [9.17, 15) is 18.0 Å². The fourth-order valence-electron chi connectivity index (χ4n) is 4.55. The number of nitrogens with zero attached hydrogens (tertiary/aromatic N) is 2. The van der Waals surface area contributed by atoms with Crippen molar-refractivity contribution in [2.24, 2.45) is 0 Å². The third-order valence-electron chi connectivity index (χ3n) is 6.65. The van der Waals surface area contributed by atoms with Crippen LogP contribution in [0.4, 0.5) is 0 Å². The molecule has 4 rings (SSSR count). The van der Waals surface area contributed by atoms with E-state index in [4.69, 9.17) is 11.6 Å². The van der Waals surface area contributed by atoms with E-state index in [1.807, 2.05) is 67.6 Å². The molecule has 4 aromatic carbocycles. The Morgan fingerprint density at radius 3 is 2.23 bits per heavy atom. The van der Waals surface area contributed by atoms with Gasteiger partial charge >= 0.3 is 0 Å². The molecule has 9 heteroatoms. The van der Waals surface area contributed by atoms with Gasteiger partial charge in [-0.3, -0.25) is 9.59 Å². The number of amides is 2. The minimum absolute atomic E-state index is 0.0812. The number of likely N-dealkylation sites (N-methyl/N-ethyl adjacent to an activating group) is 2. The molecule has 208 valence electrons. The summed E-state index contributed by atoms with van der Waals surface area (Å²) < 4.78 is 28.0. The molecule has 1 atom stereocenters. The Morgan fingerprint density at radius 1 is 0.850 bits per heavy atom. The average molecular weight is 578 g/mol. The Morgan fingerprint density at radius 2 is 1.52 bits per heavy atom. The summed E-state index contributed by atoms with van der Waals surface area (Å²) in [6, 6.07) is 27.9. The van der Waals surface area contributed by atoms with Crippen molar-refractivity contribution in [1.29, 1.82) is 0 Å². The molecule has 0 spiro atoms. The highest BCUT2D eigenvalue weighted by molar-refractivity contribution is 7.89. The number of hydrogen-bond acceptors (Lipinski definition) is 4. The maximum Gasteiger partial charge on any atom is 0.243 e. The van der Waals surface area contributed by atoms with Crippen LogP contribution in [0.25, 0.3) is 10.8 Å². The second kappa shape index (κ2) is 13.1. The maximum absolute atomic E-state index is 13.9. The lowest BCUT2D eigenvalue weighted by Gasteiger charge is -2.32. The lowest BCUT2D eigenvalue weighted by molar-refractivity contribution is -0.141. The molecule has 0 bridgehead atoms. The maximum atomic E-state index is 13.9. The van der Waals surface area contributed by atoms with Crippen molar-refractivity contribution in [2.75, 3.05) is 20.1 Å². The third-order valence-corrected chi connectivity index (χ3v) is 8.69. The fourth-order valence-corrected chi connectivity index (χ4v) is 5.92. The molecule has 0 aliphatic heterocycles. The van der Waals surface area contributed by atoms with Gasteiger partial charge in [0.15, 0.2) is 0 Å². The summed E-state index contributed by atoms with van der Waals surface area (Å²) in [4.78, 5) is 28.7. The van der Waals surface area contributed by atoms with Crippen molar-refractivity contribution in [2.45, 2.75) is 30.8 Å². The summed E-state index contributed by atoms with van der Waals surface area (Å²) in [5, 5.41) is 5.03. The standard InChI is InChI=1S/C31H32ClN3O4S/c1-3-33-31(37)29(19-23-10-5-4-6-11-23)35(21-24-12-9-15-27(32)18-24)30(36)22-34(2)40(38,39)28-17-16-25-13-7-8-14-26(25)20-28/h4-18,20,29H,3,19,21-22H2,1-2H3,(H,33,37)/t29-/m1/s1. The van der Waals surface area contributed by atoms with Crippen LogP contribution in [-0.4, -0.2) is 55.6 Å². The van der Waals surface area contributed by atoms with Crippen molar-refractivity contribution < 1.29 is 18.0 Å². The van der Waals surface area contributed by atoms with Gasteiger partial charge in [0.1, 0.15) is 6.04 Å². The van der Waals surface area contributed by atoms with Crippen molar-refractivity contribution in [3.8, 4) is 0 Å². The number of sulfonamides is 1. The lowest BCUT2D eigenvalue weighted by Crippen LogP contribution is -2.53. The summed E-state index contributed by atoms with van der Waals surface area (Å²) in [6.07, 6.45) is 0.264. The van der Waals surface area contributed by atoms with Gasteiger partial charge < -0.3 is 10.2 Å². The van der Waals surface area contributed by atoms with Crippen LogP contribution < -0.4 is 5.32 Å². The van der Waals surface area contributed by atoms with E-state index in [-0.39, 0.29) is 23.8 Å². The molecule has 4 aromatic rings. The molecule has 7 nitrogen and oxygen atoms in total. The highest BCUT2D eigenvalue weighted by Crippen LogP contribution is 2.22. The minimum Gasteiger partial charge on any atom is -0.355 e. The predicted molar refractivity (Wildman–Crippen MR) is 158 cm³/mol. The molecule has 2 amide bonds. The number of halogens is 1. The molecule has 0 aromatic heterocycles. The number of carbonyl (C=O) groups is 2. The molecule has 0 aliphatic carbocycles. The van der Waals surface area contributed by atoms with Crippen LogP contribution in [0.5, 0.6) is 0 Å². The van der Waals surface area contributed by atoms with Gasteiger partial charge in [-0.2, -0.15) is 4.31 Å². The monoisotopic (exact) mass is 577 g/mol. The Labute approximate surface area is 240 Å². The first kappa shape index (κ1) is 29.3. The van der Waals surface area contributed by atoms with Crippen molar-refractivity contribution in [3.05, 3.63) is 113 Å². The smallest absolute Gasteiger partial charge is 0.243 e. The largest absolute Gasteiger partial charge is 0.355 e. The molecule has 0 aliphatic rings. The Balaban J connectivity index is 1.66. The lowest BCUT2D eigenvalue weighted by atomic mass is 10.0. The van der Waals surface area contributed by atoms with Crippen molar-refractivity contribution in [3.63, 3.8) is 0 Å². The van der Waals surface area contributed by atoms with E-state index in [0.717, 1.165) is 26.2 Å². The molecule has 0 radical (unpaired) electrons. The van der Waals surface area contributed by atoms with Crippen LogP contribution in [0.3, 0.4) is 0 Å². The Kier molecular flexibility index (Phi) is 9.58. The van der Waals surface area contributed by atoms with E-state index in [2.05, 4.69) is 5.32 Å². The first-order chi connectivity index (χ1) is 19.2. The molecule has 0 fully saturated rings. The highest BCUT2D eigenvalue weighted by atomic mass is 35.5. The number of fused-ring (bicyclic) bond motifs is 1. The third kappa shape index (κ3) is 7.07. The highest BCUT2D eigenvalue weighted by Gasteiger charge is 2.33. The fraction of sp³-hybridized carbons (Fsp3) is 0.226. The van der Waals surface area contributed by atoms with E-state index in [1.165, 1.54) is 18.0 Å². The van der Waals surface area contributed by atoms with Crippen LogP contribution in [0, 0.1) is 0 Å². The second-order valence-electron chi connectivity index (χ2n) is 9.52. The van der Waals surface area contributed by atoms with Gasteiger partial charge in [-0.15, -0.1) is 0 Å². The summed E-state index contributed by atoms with van der Waals surface area (Å²) in [7, 11) is -2.62. The topological polar surface area (TPSA) is 86.8 Å². The quantitative estimate of drug-likeness (QED) is 0.275. The van der Waals surface area contributed by atoms with Gasteiger partial charge in [0.2, 0.25) is 21.8 Å². The molecular formula is C31H32ClN3O4S. The van der Waals surface area contributed by atoms with Crippen LogP contribution >= 0.6 is 11.6 Å².